The van der Waals surface area contributed by atoms with Crippen molar-refractivity contribution in [3.8, 4) is 0 Å². The minimum Gasteiger partial charge on any atom is -0.369 e. The summed E-state index contributed by atoms with van der Waals surface area (Å²) in [5.41, 5.74) is 6.51. The second-order valence-electron chi connectivity index (χ2n) is 5.11. The van der Waals surface area contributed by atoms with Gasteiger partial charge in [0, 0.05) is 5.69 Å². The lowest BCUT2D eigenvalue weighted by Gasteiger charge is -2.22. The summed E-state index contributed by atoms with van der Waals surface area (Å²) in [6, 6.07) is 7.13. The summed E-state index contributed by atoms with van der Waals surface area (Å²) >= 11 is 0. The number of ether oxygens (including phenoxy) is 1. The van der Waals surface area contributed by atoms with Crippen molar-refractivity contribution in [3.05, 3.63) is 29.8 Å². The van der Waals surface area contributed by atoms with E-state index in [-0.39, 0.29) is 25.0 Å². The third-order valence-corrected chi connectivity index (χ3v) is 3.39. The Morgan fingerprint density at radius 2 is 2.00 bits per heavy atom. The molecule has 1 aromatic carbocycles. The number of rotatable bonds is 6. The SMILES string of the molecule is NC(=O)Cc1ccccc1NC(=O)COC1CCNCC1. The first-order chi connectivity index (χ1) is 10.1. The monoisotopic (exact) mass is 291 g/mol. The Morgan fingerprint density at radius 3 is 2.71 bits per heavy atom. The van der Waals surface area contributed by atoms with Crippen LogP contribution in [0.1, 0.15) is 18.4 Å². The molecule has 0 spiro atoms. The highest BCUT2D eigenvalue weighted by Gasteiger charge is 2.15. The van der Waals surface area contributed by atoms with Crippen molar-refractivity contribution in [1.29, 1.82) is 0 Å². The molecule has 0 radical (unpaired) electrons. The van der Waals surface area contributed by atoms with Crippen LogP contribution in [0.5, 0.6) is 0 Å². The summed E-state index contributed by atoms with van der Waals surface area (Å²) in [5.74, 6) is -0.645. The van der Waals surface area contributed by atoms with E-state index >= 15 is 0 Å². The van der Waals surface area contributed by atoms with Crippen molar-refractivity contribution in [3.63, 3.8) is 0 Å². The van der Waals surface area contributed by atoms with Crippen LogP contribution in [-0.2, 0) is 20.7 Å². The number of primary amides is 1. The molecule has 1 fully saturated rings. The molecule has 1 saturated heterocycles. The molecule has 1 aliphatic heterocycles. The minimum absolute atomic E-state index is 0.0234. The Morgan fingerprint density at radius 1 is 1.29 bits per heavy atom. The number of nitrogens with one attached hydrogen (secondary N) is 2. The van der Waals surface area contributed by atoms with Gasteiger partial charge in [0.05, 0.1) is 12.5 Å². The Kier molecular flexibility index (Phi) is 5.71. The molecule has 0 unspecified atom stereocenters. The van der Waals surface area contributed by atoms with Crippen LogP contribution in [0.3, 0.4) is 0 Å². The van der Waals surface area contributed by atoms with Gasteiger partial charge in [0.15, 0.2) is 0 Å². The number of hydrogen-bond donors (Lipinski definition) is 3. The summed E-state index contributed by atoms with van der Waals surface area (Å²) in [5, 5.41) is 6.01. The number of amides is 2. The van der Waals surface area contributed by atoms with Gasteiger partial charge in [-0.25, -0.2) is 0 Å². The summed E-state index contributed by atoms with van der Waals surface area (Å²) in [6.07, 6.45) is 2.08. The molecule has 21 heavy (non-hydrogen) atoms. The van der Waals surface area contributed by atoms with E-state index < -0.39 is 5.91 Å². The Balaban J connectivity index is 1.85. The summed E-state index contributed by atoms with van der Waals surface area (Å²) < 4.78 is 5.59. The van der Waals surface area contributed by atoms with Gasteiger partial charge >= 0.3 is 0 Å². The molecular weight excluding hydrogens is 270 g/mol. The zero-order valence-electron chi connectivity index (χ0n) is 11.9. The highest BCUT2D eigenvalue weighted by molar-refractivity contribution is 5.93. The lowest BCUT2D eigenvalue weighted by Crippen LogP contribution is -2.34. The number of hydrogen-bond acceptors (Lipinski definition) is 4. The first kappa shape index (κ1) is 15.5. The molecule has 1 heterocycles. The molecule has 0 aliphatic carbocycles. The van der Waals surface area contributed by atoms with Gasteiger partial charge in [0.2, 0.25) is 11.8 Å². The van der Waals surface area contributed by atoms with Crippen molar-refractivity contribution in [2.24, 2.45) is 5.73 Å². The maximum absolute atomic E-state index is 11.9. The zero-order chi connectivity index (χ0) is 15.1. The third kappa shape index (κ3) is 5.17. The van der Waals surface area contributed by atoms with Crippen LogP contribution in [0.2, 0.25) is 0 Å². The van der Waals surface area contributed by atoms with E-state index in [0.717, 1.165) is 25.9 Å². The molecule has 0 atom stereocenters. The smallest absolute Gasteiger partial charge is 0.250 e. The molecule has 0 aromatic heterocycles. The summed E-state index contributed by atoms with van der Waals surface area (Å²) in [4.78, 5) is 22.9. The largest absolute Gasteiger partial charge is 0.369 e. The van der Waals surface area contributed by atoms with Crippen LogP contribution in [-0.4, -0.2) is 37.6 Å². The molecule has 2 rings (SSSR count). The molecule has 6 nitrogen and oxygen atoms in total. The van der Waals surface area contributed by atoms with Crippen LogP contribution >= 0.6 is 0 Å². The topological polar surface area (TPSA) is 93.5 Å². The maximum atomic E-state index is 11.9. The lowest BCUT2D eigenvalue weighted by molar-refractivity contribution is -0.123. The van der Waals surface area contributed by atoms with E-state index in [0.29, 0.717) is 11.3 Å². The minimum atomic E-state index is -0.428. The molecule has 4 N–H and O–H groups in total. The average Bonchev–Trinajstić information content (AvgIpc) is 2.48. The quantitative estimate of drug-likeness (QED) is 0.708. The van der Waals surface area contributed by atoms with Gasteiger partial charge in [-0.1, -0.05) is 18.2 Å². The maximum Gasteiger partial charge on any atom is 0.250 e. The number of carbonyl (C=O) groups is 2. The molecule has 6 heteroatoms. The second kappa shape index (κ2) is 7.75. The zero-order valence-corrected chi connectivity index (χ0v) is 11.9. The van der Waals surface area contributed by atoms with Crippen molar-refractivity contribution < 1.29 is 14.3 Å². The van der Waals surface area contributed by atoms with E-state index in [1.165, 1.54) is 0 Å². The van der Waals surface area contributed by atoms with Crippen molar-refractivity contribution in [2.45, 2.75) is 25.4 Å². The highest BCUT2D eigenvalue weighted by atomic mass is 16.5. The normalized spacial score (nSPS) is 15.6. The molecular formula is C15H21N3O3. The number of carbonyl (C=O) groups excluding carboxylic acids is 2. The molecule has 1 aliphatic rings. The van der Waals surface area contributed by atoms with Crippen LogP contribution in [0, 0.1) is 0 Å². The van der Waals surface area contributed by atoms with E-state index in [1.807, 2.05) is 0 Å². The van der Waals surface area contributed by atoms with Gasteiger partial charge in [-0.15, -0.1) is 0 Å². The Labute approximate surface area is 124 Å². The van der Waals surface area contributed by atoms with Crippen LogP contribution in [0.4, 0.5) is 5.69 Å². The first-order valence-electron chi connectivity index (χ1n) is 7.13. The summed E-state index contributed by atoms with van der Waals surface area (Å²) in [7, 11) is 0. The van der Waals surface area contributed by atoms with Crippen LogP contribution in [0.15, 0.2) is 24.3 Å². The first-order valence-corrected chi connectivity index (χ1v) is 7.13. The van der Waals surface area contributed by atoms with E-state index in [9.17, 15) is 9.59 Å². The second-order valence-corrected chi connectivity index (χ2v) is 5.11. The fraction of sp³-hybridized carbons (Fsp3) is 0.467. The van der Waals surface area contributed by atoms with Crippen LogP contribution < -0.4 is 16.4 Å². The van der Waals surface area contributed by atoms with Gasteiger partial charge in [-0.05, 0) is 37.6 Å². The molecule has 0 bridgehead atoms. The number of benzene rings is 1. The summed E-state index contributed by atoms with van der Waals surface area (Å²) in [6.45, 7) is 1.87. The van der Waals surface area contributed by atoms with Crippen LogP contribution in [0.25, 0.3) is 0 Å². The molecule has 114 valence electrons. The lowest BCUT2D eigenvalue weighted by atomic mass is 10.1. The van der Waals surface area contributed by atoms with Crippen molar-refractivity contribution >= 4 is 17.5 Å². The molecule has 0 saturated carbocycles. The average molecular weight is 291 g/mol. The van der Waals surface area contributed by atoms with Crippen molar-refractivity contribution in [1.82, 2.24) is 5.32 Å². The van der Waals surface area contributed by atoms with Gasteiger partial charge in [-0.2, -0.15) is 0 Å². The molecule has 1 aromatic rings. The van der Waals surface area contributed by atoms with Crippen molar-refractivity contribution in [2.75, 3.05) is 25.0 Å². The van der Waals surface area contributed by atoms with E-state index in [4.69, 9.17) is 10.5 Å². The number of para-hydroxylation sites is 1. The standard InChI is InChI=1S/C15H21N3O3/c16-14(19)9-11-3-1-2-4-13(11)18-15(20)10-21-12-5-7-17-8-6-12/h1-4,12,17H,5-10H2,(H2,16,19)(H,18,20). The van der Waals surface area contributed by atoms with Gasteiger partial charge in [0.25, 0.3) is 0 Å². The van der Waals surface area contributed by atoms with E-state index in [2.05, 4.69) is 10.6 Å². The Hall–Kier alpha value is -1.92. The fourth-order valence-electron chi connectivity index (χ4n) is 2.33. The number of nitrogens with two attached hydrogens (primary N) is 1. The van der Waals surface area contributed by atoms with Gasteiger partial charge < -0.3 is 21.1 Å². The predicted molar refractivity (Wildman–Crippen MR) is 79.8 cm³/mol. The number of anilines is 1. The third-order valence-electron chi connectivity index (χ3n) is 3.39. The number of piperidine rings is 1. The van der Waals surface area contributed by atoms with Gasteiger partial charge in [-0.3, -0.25) is 9.59 Å². The predicted octanol–water partition coefficient (Wildman–Crippen LogP) is 0.421. The Bertz CT molecular complexity index is 499. The molecule has 2 amide bonds. The highest BCUT2D eigenvalue weighted by Crippen LogP contribution is 2.15. The van der Waals surface area contributed by atoms with Gasteiger partial charge in [0.1, 0.15) is 6.61 Å². The fourth-order valence-corrected chi connectivity index (χ4v) is 2.33. The van der Waals surface area contributed by atoms with E-state index in [1.54, 1.807) is 24.3 Å².